The number of alkyl carbamates (subject to hydrolysis) is 1. The highest BCUT2D eigenvalue weighted by atomic mass is 16.7. The van der Waals surface area contributed by atoms with Gasteiger partial charge in [-0.05, 0) is 59.5 Å². The molecule has 156 valence electrons. The van der Waals surface area contributed by atoms with Crippen LogP contribution in [0.2, 0.25) is 0 Å². The summed E-state index contributed by atoms with van der Waals surface area (Å²) >= 11 is 0. The summed E-state index contributed by atoms with van der Waals surface area (Å²) in [5, 5.41) is 6.56. The molecule has 0 atom stereocenters. The van der Waals surface area contributed by atoms with Crippen LogP contribution in [0.15, 0.2) is 35.0 Å². The fourth-order valence-corrected chi connectivity index (χ4v) is 2.89. The summed E-state index contributed by atoms with van der Waals surface area (Å²) in [4.78, 5) is 11.9. The first kappa shape index (κ1) is 21.4. The van der Waals surface area contributed by atoms with E-state index < -0.39 is 18.8 Å². The summed E-state index contributed by atoms with van der Waals surface area (Å²) in [6.07, 6.45) is 1.13. The molecule has 2 heterocycles. The zero-order valence-electron chi connectivity index (χ0n) is 18.2. The number of hydrogen-bond donors (Lipinski definition) is 1. The SMILES string of the molecule is CC(C)(C)OC(=O)NCc1oncc1-c1ccc(B2OC(C)(C)C(C)(C)O2)cc1. The van der Waals surface area contributed by atoms with Crippen LogP contribution in [0.5, 0.6) is 0 Å². The molecule has 0 bridgehead atoms. The lowest BCUT2D eigenvalue weighted by Crippen LogP contribution is -2.41. The van der Waals surface area contributed by atoms with E-state index in [0.29, 0.717) is 5.76 Å². The Morgan fingerprint density at radius 2 is 1.69 bits per heavy atom. The minimum absolute atomic E-state index is 0.184. The summed E-state index contributed by atoms with van der Waals surface area (Å²) in [6.45, 7) is 13.7. The van der Waals surface area contributed by atoms with Gasteiger partial charge in [0.1, 0.15) is 5.60 Å². The predicted octanol–water partition coefficient (Wildman–Crippen LogP) is 3.67. The summed E-state index contributed by atoms with van der Waals surface area (Å²) in [5.74, 6) is 0.555. The van der Waals surface area contributed by atoms with E-state index in [1.165, 1.54) is 0 Å². The van der Waals surface area contributed by atoms with Crippen molar-refractivity contribution < 1.29 is 23.4 Å². The van der Waals surface area contributed by atoms with E-state index in [1.807, 2.05) is 72.7 Å². The van der Waals surface area contributed by atoms with Crippen molar-refractivity contribution in [2.45, 2.75) is 71.8 Å². The van der Waals surface area contributed by atoms with Crippen LogP contribution in [0, 0.1) is 0 Å². The molecule has 7 nitrogen and oxygen atoms in total. The lowest BCUT2D eigenvalue weighted by Gasteiger charge is -2.32. The van der Waals surface area contributed by atoms with Crippen LogP contribution in [0.25, 0.3) is 11.1 Å². The first-order valence-electron chi connectivity index (χ1n) is 9.74. The number of hydrogen-bond acceptors (Lipinski definition) is 6. The number of ether oxygens (including phenoxy) is 1. The largest absolute Gasteiger partial charge is 0.494 e. The van der Waals surface area contributed by atoms with Gasteiger partial charge in [0, 0.05) is 5.56 Å². The molecule has 1 aliphatic heterocycles. The molecule has 1 aliphatic rings. The van der Waals surface area contributed by atoms with Crippen LogP contribution in [-0.2, 0) is 20.6 Å². The zero-order chi connectivity index (χ0) is 21.4. The van der Waals surface area contributed by atoms with Gasteiger partial charge in [0.25, 0.3) is 0 Å². The molecule has 1 aromatic carbocycles. The van der Waals surface area contributed by atoms with Crippen molar-refractivity contribution >= 4 is 18.7 Å². The number of nitrogens with zero attached hydrogens (tertiary/aromatic N) is 1. The minimum atomic E-state index is -0.558. The Morgan fingerprint density at radius 1 is 1.10 bits per heavy atom. The monoisotopic (exact) mass is 400 g/mol. The maximum atomic E-state index is 11.9. The molecule has 3 rings (SSSR count). The van der Waals surface area contributed by atoms with Gasteiger partial charge in [-0.25, -0.2) is 4.79 Å². The molecule has 0 saturated carbocycles. The highest BCUT2D eigenvalue weighted by molar-refractivity contribution is 6.62. The van der Waals surface area contributed by atoms with E-state index in [2.05, 4.69) is 10.5 Å². The van der Waals surface area contributed by atoms with Gasteiger partial charge in [0.2, 0.25) is 0 Å². The Morgan fingerprint density at radius 3 is 2.24 bits per heavy atom. The van der Waals surface area contributed by atoms with Crippen LogP contribution in [0.4, 0.5) is 4.79 Å². The predicted molar refractivity (Wildman–Crippen MR) is 111 cm³/mol. The topological polar surface area (TPSA) is 82.8 Å². The van der Waals surface area contributed by atoms with E-state index in [4.69, 9.17) is 18.6 Å². The van der Waals surface area contributed by atoms with Crippen molar-refractivity contribution in [1.82, 2.24) is 10.5 Å². The summed E-state index contributed by atoms with van der Waals surface area (Å²) in [5.41, 5.74) is 1.35. The maximum absolute atomic E-state index is 11.9. The van der Waals surface area contributed by atoms with Gasteiger partial charge >= 0.3 is 13.2 Å². The summed E-state index contributed by atoms with van der Waals surface area (Å²) < 4.78 is 22.8. The van der Waals surface area contributed by atoms with Gasteiger partial charge < -0.3 is 23.9 Å². The molecule has 1 N–H and O–H groups in total. The molecule has 1 aromatic heterocycles. The molecule has 0 spiro atoms. The second-order valence-electron chi connectivity index (χ2n) is 9.23. The summed E-state index contributed by atoms with van der Waals surface area (Å²) in [6, 6.07) is 7.86. The van der Waals surface area contributed by atoms with E-state index in [-0.39, 0.29) is 17.7 Å². The lowest BCUT2D eigenvalue weighted by molar-refractivity contribution is 0.00578. The molecule has 1 amide bonds. The minimum Gasteiger partial charge on any atom is -0.444 e. The highest BCUT2D eigenvalue weighted by Crippen LogP contribution is 2.36. The molecule has 1 saturated heterocycles. The lowest BCUT2D eigenvalue weighted by atomic mass is 9.78. The third kappa shape index (κ3) is 4.82. The normalized spacial score (nSPS) is 18.0. The number of nitrogens with one attached hydrogen (secondary N) is 1. The molecule has 0 unspecified atom stereocenters. The van der Waals surface area contributed by atoms with Gasteiger partial charge in [-0.3, -0.25) is 0 Å². The maximum Gasteiger partial charge on any atom is 0.494 e. The van der Waals surface area contributed by atoms with Crippen molar-refractivity contribution in [2.75, 3.05) is 0 Å². The smallest absolute Gasteiger partial charge is 0.444 e. The molecular weight excluding hydrogens is 371 g/mol. The molecule has 2 aromatic rings. The van der Waals surface area contributed by atoms with Crippen molar-refractivity contribution in [3.05, 3.63) is 36.2 Å². The number of aromatic nitrogens is 1. The van der Waals surface area contributed by atoms with Crippen molar-refractivity contribution in [3.63, 3.8) is 0 Å². The first-order valence-corrected chi connectivity index (χ1v) is 9.74. The van der Waals surface area contributed by atoms with Gasteiger partial charge in [-0.1, -0.05) is 29.4 Å². The highest BCUT2D eigenvalue weighted by Gasteiger charge is 2.51. The standard InChI is InChI=1S/C21H29BN2O5/c1-19(2,3)26-18(25)23-13-17-16(12-24-27-17)14-8-10-15(11-9-14)22-28-20(4,5)21(6,7)29-22/h8-12H,13H2,1-7H3,(H,23,25). The Balaban J connectivity index is 1.69. The zero-order valence-corrected chi connectivity index (χ0v) is 18.2. The quantitative estimate of drug-likeness (QED) is 0.789. The number of benzene rings is 1. The van der Waals surface area contributed by atoms with Crippen LogP contribution in [0.3, 0.4) is 0 Å². The van der Waals surface area contributed by atoms with Gasteiger partial charge in [0.05, 0.1) is 23.9 Å². The Hall–Kier alpha value is -2.32. The van der Waals surface area contributed by atoms with Crippen molar-refractivity contribution in [3.8, 4) is 11.1 Å². The molecule has 0 aliphatic carbocycles. The second kappa shape index (κ2) is 7.50. The van der Waals surface area contributed by atoms with Gasteiger partial charge in [-0.15, -0.1) is 0 Å². The van der Waals surface area contributed by atoms with Crippen molar-refractivity contribution in [1.29, 1.82) is 0 Å². The average molecular weight is 400 g/mol. The molecule has 0 radical (unpaired) electrons. The molecular formula is C21H29BN2O5. The van der Waals surface area contributed by atoms with Crippen LogP contribution in [-0.4, -0.2) is 35.2 Å². The third-order valence-corrected chi connectivity index (χ3v) is 5.18. The van der Waals surface area contributed by atoms with Gasteiger partial charge in [0.15, 0.2) is 5.76 Å². The first-order chi connectivity index (χ1) is 13.4. The van der Waals surface area contributed by atoms with Crippen molar-refractivity contribution in [2.24, 2.45) is 0 Å². The molecule has 29 heavy (non-hydrogen) atoms. The fraction of sp³-hybridized carbons (Fsp3) is 0.524. The van der Waals surface area contributed by atoms with Crippen LogP contribution >= 0.6 is 0 Å². The number of carbonyl (C=O) groups is 1. The fourth-order valence-electron chi connectivity index (χ4n) is 2.89. The Bertz CT molecular complexity index is 852. The van der Waals surface area contributed by atoms with E-state index >= 15 is 0 Å². The second-order valence-corrected chi connectivity index (χ2v) is 9.23. The van der Waals surface area contributed by atoms with Crippen LogP contribution < -0.4 is 10.8 Å². The van der Waals surface area contributed by atoms with E-state index in [9.17, 15) is 4.79 Å². The van der Waals surface area contributed by atoms with E-state index in [1.54, 1.807) is 6.20 Å². The Kier molecular flexibility index (Phi) is 5.53. The number of rotatable bonds is 4. The van der Waals surface area contributed by atoms with E-state index in [0.717, 1.165) is 16.6 Å². The third-order valence-electron chi connectivity index (χ3n) is 5.18. The molecule has 1 fully saturated rings. The average Bonchev–Trinajstić information content (AvgIpc) is 3.14. The van der Waals surface area contributed by atoms with Gasteiger partial charge in [-0.2, -0.15) is 0 Å². The Labute approximate surface area is 172 Å². The number of carbonyl (C=O) groups excluding carboxylic acids is 1. The summed E-state index contributed by atoms with van der Waals surface area (Å²) in [7, 11) is -0.412. The molecule has 8 heteroatoms. The van der Waals surface area contributed by atoms with Crippen LogP contribution in [0.1, 0.15) is 54.2 Å². The number of amides is 1.